The van der Waals surface area contributed by atoms with Crippen molar-refractivity contribution < 1.29 is 4.74 Å². The average Bonchev–Trinajstić information content (AvgIpc) is 3.24. The van der Waals surface area contributed by atoms with Crippen LogP contribution in [-0.4, -0.2) is 64.6 Å². The normalized spacial score (nSPS) is 15.1. The summed E-state index contributed by atoms with van der Waals surface area (Å²) in [6, 6.07) is 16.4. The van der Waals surface area contributed by atoms with Crippen LogP contribution in [0.2, 0.25) is 0 Å². The lowest BCUT2D eigenvalue weighted by atomic mass is 10.2. The number of hydrogen-bond acceptors (Lipinski definition) is 6. The van der Waals surface area contributed by atoms with E-state index in [1.165, 1.54) is 5.39 Å². The van der Waals surface area contributed by atoms with Gasteiger partial charge in [-0.15, -0.1) is 5.10 Å². The van der Waals surface area contributed by atoms with E-state index in [0.717, 1.165) is 67.7 Å². The maximum Gasteiger partial charge on any atom is 0.241 e. The number of hydrogen-bond donors (Lipinski definition) is 1. The van der Waals surface area contributed by atoms with E-state index in [2.05, 4.69) is 48.4 Å². The van der Waals surface area contributed by atoms with Crippen LogP contribution in [0, 0.1) is 0 Å². The lowest BCUT2D eigenvalue weighted by Gasteiger charge is -2.35. The summed E-state index contributed by atoms with van der Waals surface area (Å²) in [5.74, 6) is 1.71. The molecule has 7 nitrogen and oxygen atoms in total. The molecule has 0 bridgehead atoms. The molecule has 1 N–H and O–H groups in total. The van der Waals surface area contributed by atoms with Gasteiger partial charge in [0, 0.05) is 42.3 Å². The quantitative estimate of drug-likeness (QED) is 0.477. The Morgan fingerprint density at radius 3 is 2.60 bits per heavy atom. The van der Waals surface area contributed by atoms with Crippen molar-refractivity contribution in [2.75, 3.05) is 44.2 Å². The highest BCUT2D eigenvalue weighted by molar-refractivity contribution is 5.90. The number of ether oxygens (including phenoxy) is 1. The standard InChI is InChI=1S/C23H26N6O/c1-2-8-19-18(7-1)17-24-27-23(19)30-16-6-5-11-28-12-14-29(15-13-28)22-20-9-3-4-10-21(20)25-26-22/h1-4,7-10,17H,5-6,11-16H2,(H,25,26). The molecule has 3 heterocycles. The highest BCUT2D eigenvalue weighted by Crippen LogP contribution is 2.25. The number of para-hydroxylation sites is 1. The molecule has 4 aromatic rings. The van der Waals surface area contributed by atoms with E-state index in [-0.39, 0.29) is 0 Å². The Bertz CT molecular complexity index is 1110. The number of unbranched alkanes of at least 4 members (excludes halogenated alkanes) is 1. The van der Waals surface area contributed by atoms with Gasteiger partial charge in [-0.2, -0.15) is 10.2 Å². The average molecular weight is 403 g/mol. The summed E-state index contributed by atoms with van der Waals surface area (Å²) in [6.07, 6.45) is 3.90. The number of nitrogens with one attached hydrogen (secondary N) is 1. The SMILES string of the molecule is c1ccc2c(OCCCCN3CCN(c4n[nH]c5ccccc45)CC3)nncc2c1. The number of benzene rings is 2. The molecule has 0 spiro atoms. The van der Waals surface area contributed by atoms with Gasteiger partial charge in [-0.1, -0.05) is 30.3 Å². The van der Waals surface area contributed by atoms with Gasteiger partial charge in [0.1, 0.15) is 0 Å². The van der Waals surface area contributed by atoms with Crippen LogP contribution in [0.5, 0.6) is 5.88 Å². The summed E-state index contributed by atoms with van der Waals surface area (Å²) >= 11 is 0. The number of aromatic amines is 1. The molecule has 0 saturated carbocycles. The van der Waals surface area contributed by atoms with Crippen molar-refractivity contribution in [1.29, 1.82) is 0 Å². The van der Waals surface area contributed by atoms with Crippen LogP contribution in [0.15, 0.2) is 54.7 Å². The molecule has 0 aliphatic carbocycles. The van der Waals surface area contributed by atoms with E-state index in [1.807, 2.05) is 30.3 Å². The molecule has 1 aliphatic rings. The van der Waals surface area contributed by atoms with Crippen molar-refractivity contribution >= 4 is 27.5 Å². The molecule has 0 radical (unpaired) electrons. The van der Waals surface area contributed by atoms with Gasteiger partial charge in [0.05, 0.1) is 18.3 Å². The number of rotatable bonds is 7. The van der Waals surface area contributed by atoms with Gasteiger partial charge in [0.2, 0.25) is 5.88 Å². The number of H-pyrrole nitrogens is 1. The van der Waals surface area contributed by atoms with Crippen LogP contribution in [0.4, 0.5) is 5.82 Å². The first-order valence-corrected chi connectivity index (χ1v) is 10.6. The summed E-state index contributed by atoms with van der Waals surface area (Å²) in [4.78, 5) is 4.92. The van der Waals surface area contributed by atoms with Crippen molar-refractivity contribution in [2.45, 2.75) is 12.8 Å². The van der Waals surface area contributed by atoms with Crippen LogP contribution in [0.3, 0.4) is 0 Å². The Kier molecular flexibility index (Phi) is 5.44. The molecule has 1 aliphatic heterocycles. The van der Waals surface area contributed by atoms with Crippen LogP contribution < -0.4 is 9.64 Å². The molecule has 30 heavy (non-hydrogen) atoms. The molecule has 2 aromatic carbocycles. The second-order valence-electron chi connectivity index (χ2n) is 7.71. The van der Waals surface area contributed by atoms with E-state index in [0.29, 0.717) is 12.5 Å². The molecule has 5 rings (SSSR count). The lowest BCUT2D eigenvalue weighted by Crippen LogP contribution is -2.46. The molecule has 2 aromatic heterocycles. The number of anilines is 1. The first-order valence-electron chi connectivity index (χ1n) is 10.6. The smallest absolute Gasteiger partial charge is 0.241 e. The monoisotopic (exact) mass is 402 g/mol. The Hall–Kier alpha value is -3.19. The lowest BCUT2D eigenvalue weighted by molar-refractivity contribution is 0.236. The Labute approximate surface area is 175 Å². The van der Waals surface area contributed by atoms with Crippen molar-refractivity contribution in [3.63, 3.8) is 0 Å². The molecule has 0 atom stereocenters. The second-order valence-corrected chi connectivity index (χ2v) is 7.71. The Morgan fingerprint density at radius 1 is 0.900 bits per heavy atom. The molecular weight excluding hydrogens is 376 g/mol. The second kappa shape index (κ2) is 8.67. The highest BCUT2D eigenvalue weighted by atomic mass is 16.5. The van der Waals surface area contributed by atoms with Gasteiger partial charge in [0.15, 0.2) is 5.82 Å². The topological polar surface area (TPSA) is 70.2 Å². The first-order chi connectivity index (χ1) is 14.9. The zero-order valence-corrected chi connectivity index (χ0v) is 17.0. The summed E-state index contributed by atoms with van der Waals surface area (Å²) in [5.41, 5.74) is 1.10. The van der Waals surface area contributed by atoms with Crippen molar-refractivity contribution in [2.24, 2.45) is 0 Å². The van der Waals surface area contributed by atoms with Gasteiger partial charge in [0.25, 0.3) is 0 Å². The van der Waals surface area contributed by atoms with E-state index in [4.69, 9.17) is 4.74 Å². The zero-order chi connectivity index (χ0) is 20.2. The van der Waals surface area contributed by atoms with Gasteiger partial charge in [-0.05, 0) is 37.6 Å². The molecule has 7 heteroatoms. The van der Waals surface area contributed by atoms with Gasteiger partial charge >= 0.3 is 0 Å². The minimum absolute atomic E-state index is 0.632. The van der Waals surface area contributed by atoms with Crippen molar-refractivity contribution in [3.8, 4) is 5.88 Å². The summed E-state index contributed by atoms with van der Waals surface area (Å²) in [6.45, 7) is 5.92. The Morgan fingerprint density at radius 2 is 1.70 bits per heavy atom. The number of fused-ring (bicyclic) bond motifs is 2. The van der Waals surface area contributed by atoms with Crippen LogP contribution in [0.1, 0.15) is 12.8 Å². The molecule has 0 amide bonds. The molecule has 154 valence electrons. The van der Waals surface area contributed by atoms with Crippen LogP contribution in [-0.2, 0) is 0 Å². The minimum Gasteiger partial charge on any atom is -0.476 e. The molecule has 1 saturated heterocycles. The maximum atomic E-state index is 5.90. The predicted molar refractivity (Wildman–Crippen MR) is 119 cm³/mol. The summed E-state index contributed by atoms with van der Waals surface area (Å²) in [5, 5.41) is 19.2. The number of nitrogens with zero attached hydrogens (tertiary/aromatic N) is 5. The van der Waals surface area contributed by atoms with E-state index in [1.54, 1.807) is 6.20 Å². The van der Waals surface area contributed by atoms with E-state index in [9.17, 15) is 0 Å². The minimum atomic E-state index is 0.632. The van der Waals surface area contributed by atoms with Gasteiger partial charge < -0.3 is 9.64 Å². The third-order valence-corrected chi connectivity index (χ3v) is 5.77. The fourth-order valence-corrected chi connectivity index (χ4v) is 4.09. The van der Waals surface area contributed by atoms with E-state index < -0.39 is 0 Å². The number of piperazine rings is 1. The Balaban J connectivity index is 1.06. The van der Waals surface area contributed by atoms with Crippen LogP contribution in [0.25, 0.3) is 21.7 Å². The largest absolute Gasteiger partial charge is 0.476 e. The molecule has 0 unspecified atom stereocenters. The van der Waals surface area contributed by atoms with Crippen molar-refractivity contribution in [3.05, 3.63) is 54.7 Å². The predicted octanol–water partition coefficient (Wildman–Crippen LogP) is 3.49. The fraction of sp³-hybridized carbons (Fsp3) is 0.348. The zero-order valence-electron chi connectivity index (χ0n) is 17.0. The van der Waals surface area contributed by atoms with Crippen molar-refractivity contribution in [1.82, 2.24) is 25.3 Å². The van der Waals surface area contributed by atoms with Gasteiger partial charge in [-0.25, -0.2) is 0 Å². The third kappa shape index (κ3) is 3.93. The number of aromatic nitrogens is 4. The summed E-state index contributed by atoms with van der Waals surface area (Å²) < 4.78 is 5.90. The fourth-order valence-electron chi connectivity index (χ4n) is 4.09. The van der Waals surface area contributed by atoms with E-state index >= 15 is 0 Å². The maximum absolute atomic E-state index is 5.90. The molecule has 1 fully saturated rings. The summed E-state index contributed by atoms with van der Waals surface area (Å²) in [7, 11) is 0. The first kappa shape index (κ1) is 18.8. The highest BCUT2D eigenvalue weighted by Gasteiger charge is 2.20. The third-order valence-electron chi connectivity index (χ3n) is 5.77. The molecular formula is C23H26N6O. The van der Waals surface area contributed by atoms with Gasteiger partial charge in [-0.3, -0.25) is 10.00 Å². The van der Waals surface area contributed by atoms with Crippen LogP contribution >= 0.6 is 0 Å².